The van der Waals surface area contributed by atoms with Crippen molar-refractivity contribution in [3.8, 4) is 5.75 Å². The van der Waals surface area contributed by atoms with E-state index in [-0.39, 0.29) is 25.7 Å². The maximum Gasteiger partial charge on any atom is 0.338 e. The van der Waals surface area contributed by atoms with Crippen molar-refractivity contribution in [3.05, 3.63) is 67.7 Å². The zero-order valence-electron chi connectivity index (χ0n) is 12.4. The number of hydrogen-bond acceptors (Lipinski definition) is 6. The molecule has 0 unspecified atom stereocenters. The molecule has 0 spiro atoms. The first-order chi connectivity index (χ1) is 11.5. The van der Waals surface area contributed by atoms with Gasteiger partial charge >= 0.3 is 5.97 Å². The maximum absolute atomic E-state index is 12.1. The largest absolute Gasteiger partial charge is 0.467 e. The number of non-ortho nitro benzene ring substituents is 1. The van der Waals surface area contributed by atoms with Crippen molar-refractivity contribution in [2.45, 2.75) is 13.2 Å². The van der Waals surface area contributed by atoms with Gasteiger partial charge in [0, 0.05) is 27.7 Å². The van der Waals surface area contributed by atoms with Gasteiger partial charge in [0.1, 0.15) is 12.4 Å². The Hall–Kier alpha value is -2.45. The van der Waals surface area contributed by atoms with E-state index in [9.17, 15) is 14.9 Å². The molecular formula is C16H12BrNO6. The summed E-state index contributed by atoms with van der Waals surface area (Å²) < 4.78 is 16.6. The zero-order valence-corrected chi connectivity index (χ0v) is 13.9. The monoisotopic (exact) mass is 393 g/mol. The fraction of sp³-hybridized carbons (Fsp3) is 0.188. The van der Waals surface area contributed by atoms with E-state index in [1.807, 2.05) is 0 Å². The first kappa shape index (κ1) is 16.4. The second-order valence-corrected chi connectivity index (χ2v) is 5.96. The number of nitro benzene ring substituents is 1. The molecule has 3 rings (SSSR count). The molecule has 24 heavy (non-hydrogen) atoms. The van der Waals surface area contributed by atoms with Gasteiger partial charge in [-0.25, -0.2) is 4.79 Å². The Labute approximate surface area is 145 Å². The van der Waals surface area contributed by atoms with Crippen LogP contribution in [-0.4, -0.2) is 17.7 Å². The predicted molar refractivity (Wildman–Crippen MR) is 86.6 cm³/mol. The van der Waals surface area contributed by atoms with Gasteiger partial charge in [-0.1, -0.05) is 22.0 Å². The van der Waals surface area contributed by atoms with Crippen LogP contribution in [0.25, 0.3) is 0 Å². The quantitative estimate of drug-likeness (QED) is 0.448. The predicted octanol–water partition coefficient (Wildman–Crippen LogP) is 3.58. The van der Waals surface area contributed by atoms with Crippen molar-refractivity contribution in [2.24, 2.45) is 0 Å². The van der Waals surface area contributed by atoms with Crippen LogP contribution in [0.3, 0.4) is 0 Å². The molecule has 2 aromatic carbocycles. The van der Waals surface area contributed by atoms with E-state index < -0.39 is 10.9 Å². The minimum atomic E-state index is -0.524. The average Bonchev–Trinajstić information content (AvgIpc) is 2.59. The fourth-order valence-electron chi connectivity index (χ4n) is 2.34. The van der Waals surface area contributed by atoms with Crippen molar-refractivity contribution < 1.29 is 23.9 Å². The Kier molecular flexibility index (Phi) is 4.77. The highest BCUT2D eigenvalue weighted by Gasteiger charge is 2.22. The maximum atomic E-state index is 12.1. The molecule has 0 radical (unpaired) electrons. The first-order valence-electron chi connectivity index (χ1n) is 6.98. The van der Waals surface area contributed by atoms with Crippen LogP contribution in [0.5, 0.6) is 5.75 Å². The molecule has 2 aromatic rings. The van der Waals surface area contributed by atoms with Gasteiger partial charge in [-0.15, -0.1) is 0 Å². The summed E-state index contributed by atoms with van der Waals surface area (Å²) in [5.41, 5.74) is 1.28. The molecule has 0 bridgehead atoms. The second kappa shape index (κ2) is 6.98. The minimum Gasteiger partial charge on any atom is -0.467 e. The summed E-state index contributed by atoms with van der Waals surface area (Å²) in [4.78, 5) is 22.7. The minimum absolute atomic E-state index is 0.0530. The van der Waals surface area contributed by atoms with Gasteiger partial charge in [0.05, 0.1) is 17.1 Å². The third kappa shape index (κ3) is 3.55. The lowest BCUT2D eigenvalue weighted by molar-refractivity contribution is -0.385. The van der Waals surface area contributed by atoms with Gasteiger partial charge in [0.25, 0.3) is 5.69 Å². The van der Waals surface area contributed by atoms with E-state index in [4.69, 9.17) is 14.2 Å². The number of halogens is 1. The van der Waals surface area contributed by atoms with Crippen LogP contribution in [0.15, 0.2) is 40.9 Å². The number of ether oxygens (including phenoxy) is 3. The van der Waals surface area contributed by atoms with Gasteiger partial charge in [0.15, 0.2) is 6.79 Å². The number of fused-ring (bicyclic) bond motifs is 1. The van der Waals surface area contributed by atoms with Crippen LogP contribution in [-0.2, 0) is 22.7 Å². The van der Waals surface area contributed by atoms with Crippen LogP contribution >= 0.6 is 15.9 Å². The molecule has 1 aliphatic heterocycles. The third-order valence-electron chi connectivity index (χ3n) is 3.40. The number of nitrogens with zero attached hydrogens (tertiary/aromatic N) is 1. The highest BCUT2D eigenvalue weighted by molar-refractivity contribution is 9.10. The lowest BCUT2D eigenvalue weighted by atomic mass is 10.1. The molecule has 0 amide bonds. The van der Waals surface area contributed by atoms with Crippen molar-refractivity contribution in [1.29, 1.82) is 0 Å². The van der Waals surface area contributed by atoms with Gasteiger partial charge in [-0.2, -0.15) is 0 Å². The van der Waals surface area contributed by atoms with Crippen LogP contribution < -0.4 is 4.74 Å². The number of nitro groups is 1. The van der Waals surface area contributed by atoms with E-state index in [0.717, 1.165) is 4.47 Å². The van der Waals surface area contributed by atoms with E-state index >= 15 is 0 Å². The highest BCUT2D eigenvalue weighted by Crippen LogP contribution is 2.33. The average molecular weight is 394 g/mol. The number of carbonyl (C=O) groups is 1. The number of esters is 1. The van der Waals surface area contributed by atoms with Crippen molar-refractivity contribution >= 4 is 27.6 Å². The Morgan fingerprint density at radius 1 is 1.33 bits per heavy atom. The SMILES string of the molecule is O=C(OCc1cc([N+](=O)[O-])cc2c1OCOC2)c1cccc(Br)c1. The smallest absolute Gasteiger partial charge is 0.338 e. The molecule has 0 aromatic heterocycles. The van der Waals surface area contributed by atoms with E-state index in [1.165, 1.54) is 12.1 Å². The summed E-state index contributed by atoms with van der Waals surface area (Å²) in [5.74, 6) is -0.0579. The Morgan fingerprint density at radius 2 is 2.17 bits per heavy atom. The molecule has 0 aliphatic carbocycles. The van der Waals surface area contributed by atoms with Crippen LogP contribution in [0.2, 0.25) is 0 Å². The van der Waals surface area contributed by atoms with E-state index in [2.05, 4.69) is 15.9 Å². The summed E-state index contributed by atoms with van der Waals surface area (Å²) in [6.45, 7) is 0.135. The topological polar surface area (TPSA) is 87.9 Å². The lowest BCUT2D eigenvalue weighted by Gasteiger charge is -2.20. The Morgan fingerprint density at radius 3 is 2.92 bits per heavy atom. The standard InChI is InChI=1S/C16H12BrNO6/c17-13-3-1-2-10(4-13)16(19)23-8-12-6-14(18(20)21)5-11-7-22-9-24-15(11)12/h1-6H,7-9H2. The van der Waals surface area contributed by atoms with E-state index in [1.54, 1.807) is 24.3 Å². The van der Waals surface area contributed by atoms with E-state index in [0.29, 0.717) is 22.4 Å². The van der Waals surface area contributed by atoms with Crippen molar-refractivity contribution in [1.82, 2.24) is 0 Å². The summed E-state index contributed by atoms with van der Waals surface area (Å²) >= 11 is 3.28. The number of rotatable bonds is 4. The number of carbonyl (C=O) groups excluding carboxylic acids is 1. The first-order valence-corrected chi connectivity index (χ1v) is 7.77. The number of hydrogen-bond donors (Lipinski definition) is 0. The summed E-state index contributed by atoms with van der Waals surface area (Å²) in [6, 6.07) is 9.51. The van der Waals surface area contributed by atoms with Crippen LogP contribution in [0.1, 0.15) is 21.5 Å². The summed E-state index contributed by atoms with van der Waals surface area (Å²) in [7, 11) is 0. The fourth-order valence-corrected chi connectivity index (χ4v) is 2.73. The summed E-state index contributed by atoms with van der Waals surface area (Å²) in [6.07, 6.45) is 0. The van der Waals surface area contributed by atoms with Gasteiger partial charge in [0.2, 0.25) is 0 Å². The molecular weight excluding hydrogens is 382 g/mol. The highest BCUT2D eigenvalue weighted by atomic mass is 79.9. The van der Waals surface area contributed by atoms with Crippen LogP contribution in [0, 0.1) is 10.1 Å². The second-order valence-electron chi connectivity index (χ2n) is 5.05. The zero-order chi connectivity index (χ0) is 17.1. The molecule has 0 N–H and O–H groups in total. The normalized spacial score (nSPS) is 12.9. The van der Waals surface area contributed by atoms with Gasteiger partial charge in [-0.3, -0.25) is 10.1 Å². The molecule has 8 heteroatoms. The Balaban J connectivity index is 1.82. The molecule has 0 saturated heterocycles. The van der Waals surface area contributed by atoms with Gasteiger partial charge in [-0.05, 0) is 18.2 Å². The summed E-state index contributed by atoms with van der Waals surface area (Å²) in [5, 5.41) is 11.0. The molecule has 0 saturated carbocycles. The lowest BCUT2D eigenvalue weighted by Crippen LogP contribution is -2.15. The molecule has 1 aliphatic rings. The molecule has 124 valence electrons. The van der Waals surface area contributed by atoms with Crippen LogP contribution in [0.4, 0.5) is 5.69 Å². The third-order valence-corrected chi connectivity index (χ3v) is 3.89. The van der Waals surface area contributed by atoms with Crippen molar-refractivity contribution in [2.75, 3.05) is 6.79 Å². The molecule has 7 nitrogen and oxygen atoms in total. The number of benzene rings is 2. The molecule has 1 heterocycles. The Bertz CT molecular complexity index is 807. The molecule has 0 fully saturated rings. The van der Waals surface area contributed by atoms with Gasteiger partial charge < -0.3 is 14.2 Å². The molecule has 0 atom stereocenters. The van der Waals surface area contributed by atoms with Crippen molar-refractivity contribution in [3.63, 3.8) is 0 Å².